The van der Waals surface area contributed by atoms with Gasteiger partial charge in [-0.05, 0) is 57.3 Å². The Kier molecular flexibility index (Phi) is 3.11. The largest absolute Gasteiger partial charge is 0.466 e. The molecule has 1 N–H and O–H groups in total. The third kappa shape index (κ3) is 2.03. The Labute approximate surface area is 98.4 Å². The molecule has 1 heterocycles. The van der Waals surface area contributed by atoms with Crippen LogP contribution in [0.2, 0.25) is 0 Å². The number of nitrogens with one attached hydrogen (secondary N) is 1. The van der Waals surface area contributed by atoms with Crippen molar-refractivity contribution < 1.29 is 4.42 Å². The molecule has 2 nitrogen and oxygen atoms in total. The van der Waals surface area contributed by atoms with Crippen LogP contribution >= 0.6 is 0 Å². The molecule has 1 aromatic rings. The van der Waals surface area contributed by atoms with Crippen LogP contribution in [-0.2, 0) is 5.41 Å². The molecule has 2 heteroatoms. The van der Waals surface area contributed by atoms with E-state index in [1.807, 2.05) is 6.92 Å². The van der Waals surface area contributed by atoms with E-state index >= 15 is 0 Å². The van der Waals surface area contributed by atoms with Gasteiger partial charge in [-0.25, -0.2) is 0 Å². The highest BCUT2D eigenvalue weighted by atomic mass is 16.3. The maximum atomic E-state index is 5.63. The minimum Gasteiger partial charge on any atom is -0.466 e. The number of hydrogen-bond acceptors (Lipinski definition) is 2. The van der Waals surface area contributed by atoms with Gasteiger partial charge in [-0.3, -0.25) is 0 Å². The molecule has 1 aliphatic carbocycles. The maximum Gasteiger partial charge on any atom is 0.104 e. The summed E-state index contributed by atoms with van der Waals surface area (Å²) < 4.78 is 5.63. The molecule has 1 saturated carbocycles. The van der Waals surface area contributed by atoms with Crippen molar-refractivity contribution in [2.45, 2.75) is 46.0 Å². The zero-order valence-corrected chi connectivity index (χ0v) is 10.9. The molecule has 16 heavy (non-hydrogen) atoms. The molecule has 2 atom stereocenters. The Morgan fingerprint density at radius 2 is 2.25 bits per heavy atom. The predicted molar refractivity (Wildman–Crippen MR) is 66.8 cm³/mol. The van der Waals surface area contributed by atoms with Crippen molar-refractivity contribution in [2.75, 3.05) is 13.1 Å². The van der Waals surface area contributed by atoms with E-state index in [9.17, 15) is 0 Å². The summed E-state index contributed by atoms with van der Waals surface area (Å²) in [4.78, 5) is 0. The molecule has 2 rings (SSSR count). The van der Waals surface area contributed by atoms with Gasteiger partial charge in [0.05, 0.1) is 0 Å². The van der Waals surface area contributed by atoms with Crippen molar-refractivity contribution in [3.8, 4) is 0 Å². The fourth-order valence-electron chi connectivity index (χ4n) is 2.73. The van der Waals surface area contributed by atoms with Crippen molar-refractivity contribution in [3.05, 3.63) is 23.2 Å². The van der Waals surface area contributed by atoms with Gasteiger partial charge >= 0.3 is 0 Å². The van der Waals surface area contributed by atoms with Gasteiger partial charge in [0.2, 0.25) is 0 Å². The minimum absolute atomic E-state index is 0.364. The molecule has 0 aromatic carbocycles. The van der Waals surface area contributed by atoms with Crippen LogP contribution in [0.3, 0.4) is 0 Å². The van der Waals surface area contributed by atoms with Crippen molar-refractivity contribution in [2.24, 2.45) is 5.92 Å². The van der Waals surface area contributed by atoms with Crippen LogP contribution in [0.4, 0.5) is 0 Å². The molecule has 0 bridgehead atoms. The number of hydrogen-bond donors (Lipinski definition) is 1. The van der Waals surface area contributed by atoms with Gasteiger partial charge in [-0.15, -0.1) is 0 Å². The number of aryl methyl sites for hydroxylation is 2. The van der Waals surface area contributed by atoms with Gasteiger partial charge < -0.3 is 9.73 Å². The lowest BCUT2D eigenvalue weighted by atomic mass is 9.95. The topological polar surface area (TPSA) is 25.2 Å². The Bertz CT molecular complexity index is 369. The van der Waals surface area contributed by atoms with Crippen LogP contribution in [0.25, 0.3) is 0 Å². The van der Waals surface area contributed by atoms with Gasteiger partial charge in [0.1, 0.15) is 11.5 Å². The Balaban J connectivity index is 1.98. The van der Waals surface area contributed by atoms with E-state index in [0.29, 0.717) is 5.41 Å². The summed E-state index contributed by atoms with van der Waals surface area (Å²) in [5.74, 6) is 2.94. The molecule has 0 spiro atoms. The van der Waals surface area contributed by atoms with Gasteiger partial charge in [0, 0.05) is 5.41 Å². The maximum absolute atomic E-state index is 5.63. The van der Waals surface area contributed by atoms with Gasteiger partial charge in [0.15, 0.2) is 0 Å². The molecule has 1 aromatic heterocycles. The fourth-order valence-corrected chi connectivity index (χ4v) is 2.73. The second-order valence-corrected chi connectivity index (χ2v) is 5.35. The Hall–Kier alpha value is -0.760. The lowest BCUT2D eigenvalue weighted by Crippen LogP contribution is -2.21. The monoisotopic (exact) mass is 221 g/mol. The van der Waals surface area contributed by atoms with E-state index in [0.717, 1.165) is 30.5 Å². The molecule has 1 aliphatic rings. The lowest BCUT2D eigenvalue weighted by molar-refractivity contribution is 0.493. The zero-order chi connectivity index (χ0) is 11.8. The average Bonchev–Trinajstić information content (AvgIpc) is 2.74. The van der Waals surface area contributed by atoms with Crippen LogP contribution in [0.5, 0.6) is 0 Å². The molecule has 2 unspecified atom stereocenters. The first-order valence-electron chi connectivity index (χ1n) is 6.36. The molecular weight excluding hydrogens is 198 g/mol. The average molecular weight is 221 g/mol. The van der Waals surface area contributed by atoms with E-state index in [4.69, 9.17) is 4.42 Å². The molecule has 0 radical (unpaired) electrons. The second kappa shape index (κ2) is 4.25. The highest BCUT2D eigenvalue weighted by molar-refractivity contribution is 5.36. The molecule has 0 saturated heterocycles. The van der Waals surface area contributed by atoms with E-state index in [1.165, 1.54) is 18.4 Å². The van der Waals surface area contributed by atoms with E-state index in [-0.39, 0.29) is 0 Å². The van der Waals surface area contributed by atoms with E-state index in [1.54, 1.807) is 0 Å². The minimum atomic E-state index is 0.364. The summed E-state index contributed by atoms with van der Waals surface area (Å²) in [6, 6.07) is 2.22. The summed E-state index contributed by atoms with van der Waals surface area (Å²) in [6.45, 7) is 11.0. The Morgan fingerprint density at radius 1 is 1.50 bits per heavy atom. The van der Waals surface area contributed by atoms with Crippen molar-refractivity contribution >= 4 is 0 Å². The third-order valence-corrected chi connectivity index (χ3v) is 3.89. The summed E-state index contributed by atoms with van der Waals surface area (Å²) >= 11 is 0. The number of rotatable bonds is 5. The van der Waals surface area contributed by atoms with E-state index < -0.39 is 0 Å². The lowest BCUT2D eigenvalue weighted by Gasteiger charge is -2.10. The highest BCUT2D eigenvalue weighted by Crippen LogP contribution is 2.54. The standard InChI is InChI=1S/C14H23NO/c1-5-6-15-9-12-8-14(12,4)13-7-10(2)16-11(13)3/h7,12,15H,5-6,8-9H2,1-4H3. The summed E-state index contributed by atoms with van der Waals surface area (Å²) in [5.41, 5.74) is 1.79. The van der Waals surface area contributed by atoms with Crippen LogP contribution in [0.15, 0.2) is 10.5 Å². The summed E-state index contributed by atoms with van der Waals surface area (Å²) in [5, 5.41) is 3.52. The second-order valence-electron chi connectivity index (χ2n) is 5.35. The molecule has 0 aliphatic heterocycles. The SMILES string of the molecule is CCCNCC1CC1(C)c1cc(C)oc1C. The fraction of sp³-hybridized carbons (Fsp3) is 0.714. The van der Waals surface area contributed by atoms with Crippen LogP contribution in [0, 0.1) is 19.8 Å². The van der Waals surface area contributed by atoms with Crippen LogP contribution in [-0.4, -0.2) is 13.1 Å². The molecular formula is C14H23NO. The quantitative estimate of drug-likeness (QED) is 0.773. The van der Waals surface area contributed by atoms with Gasteiger partial charge in [0.25, 0.3) is 0 Å². The third-order valence-electron chi connectivity index (χ3n) is 3.89. The van der Waals surface area contributed by atoms with Crippen molar-refractivity contribution in [1.82, 2.24) is 5.32 Å². The normalized spacial score (nSPS) is 28.4. The first kappa shape index (κ1) is 11.7. The summed E-state index contributed by atoms with van der Waals surface area (Å²) in [6.07, 6.45) is 2.51. The molecule has 1 fully saturated rings. The molecule has 0 amide bonds. The van der Waals surface area contributed by atoms with E-state index in [2.05, 4.69) is 32.2 Å². The highest BCUT2D eigenvalue weighted by Gasteiger charge is 2.52. The smallest absolute Gasteiger partial charge is 0.104 e. The van der Waals surface area contributed by atoms with Crippen LogP contribution < -0.4 is 5.32 Å². The van der Waals surface area contributed by atoms with Crippen LogP contribution in [0.1, 0.15) is 43.8 Å². The van der Waals surface area contributed by atoms with Gasteiger partial charge in [-0.2, -0.15) is 0 Å². The summed E-state index contributed by atoms with van der Waals surface area (Å²) in [7, 11) is 0. The predicted octanol–water partition coefficient (Wildman–Crippen LogP) is 3.17. The van der Waals surface area contributed by atoms with Crippen molar-refractivity contribution in [3.63, 3.8) is 0 Å². The number of furan rings is 1. The van der Waals surface area contributed by atoms with Gasteiger partial charge in [-0.1, -0.05) is 13.8 Å². The first-order chi connectivity index (χ1) is 7.58. The zero-order valence-electron chi connectivity index (χ0n) is 10.9. The first-order valence-corrected chi connectivity index (χ1v) is 6.36. The molecule has 90 valence electrons. The Morgan fingerprint density at radius 3 is 2.81 bits per heavy atom. The van der Waals surface area contributed by atoms with Crippen molar-refractivity contribution in [1.29, 1.82) is 0 Å².